The van der Waals surface area contributed by atoms with Gasteiger partial charge in [-0.05, 0) is 50.2 Å². The Morgan fingerprint density at radius 3 is 2.48 bits per heavy atom. The summed E-state index contributed by atoms with van der Waals surface area (Å²) in [6.07, 6.45) is 9.92. The number of fused-ring (bicyclic) bond motifs is 1. The Bertz CT molecular complexity index is 463. The summed E-state index contributed by atoms with van der Waals surface area (Å²) < 4.78 is -0.0686. The largest absolute Gasteiger partial charge is 0.376 e. The van der Waals surface area contributed by atoms with Gasteiger partial charge in [-0.25, -0.2) is 0 Å². The van der Waals surface area contributed by atoms with Gasteiger partial charge in [0.05, 0.1) is 4.08 Å². The Kier molecular flexibility index (Phi) is 4.89. The summed E-state index contributed by atoms with van der Waals surface area (Å²) >= 11 is 3.65. The fourth-order valence-electron chi connectivity index (χ4n) is 4.00. The molecule has 3 rings (SSSR count). The van der Waals surface area contributed by atoms with E-state index in [2.05, 4.69) is 47.7 Å². The molecule has 0 radical (unpaired) electrons. The van der Waals surface area contributed by atoms with Crippen molar-refractivity contribution in [1.29, 1.82) is 0 Å². The van der Waals surface area contributed by atoms with E-state index in [0.29, 0.717) is 12.1 Å². The zero-order chi connectivity index (χ0) is 14.9. The Hall–Kier alpha value is -0.160. The third-order valence-electron chi connectivity index (χ3n) is 5.17. The summed E-state index contributed by atoms with van der Waals surface area (Å²) in [6.45, 7) is 0. The molecule has 0 unspecified atom stereocenters. The van der Waals surface area contributed by atoms with Crippen LogP contribution in [0.1, 0.15) is 43.7 Å². The topological polar surface area (TPSA) is 23.5 Å². The molecule has 2 aliphatic rings. The van der Waals surface area contributed by atoms with E-state index < -0.39 is 0 Å². The van der Waals surface area contributed by atoms with Crippen molar-refractivity contribution < 1.29 is 5.11 Å². The molecule has 0 spiro atoms. The van der Waals surface area contributed by atoms with Gasteiger partial charge in [-0.1, -0.05) is 30.3 Å². The Morgan fingerprint density at radius 2 is 1.81 bits per heavy atom. The van der Waals surface area contributed by atoms with Crippen molar-refractivity contribution >= 4 is 23.5 Å². The summed E-state index contributed by atoms with van der Waals surface area (Å²) in [7, 11) is 0. The average molecular weight is 324 g/mol. The predicted octanol–water partition coefficient (Wildman–Crippen LogP) is 4.12. The number of aliphatic hydroxyl groups is 1. The molecule has 2 heterocycles. The first kappa shape index (κ1) is 15.7. The molecule has 1 N–H and O–H groups in total. The lowest BCUT2D eigenvalue weighted by atomic mass is 9.85. The minimum Gasteiger partial charge on any atom is -0.376 e. The van der Waals surface area contributed by atoms with E-state index >= 15 is 0 Å². The van der Waals surface area contributed by atoms with Gasteiger partial charge in [0, 0.05) is 12.1 Å². The molecule has 1 aromatic rings. The monoisotopic (exact) mass is 323 g/mol. The van der Waals surface area contributed by atoms with Crippen molar-refractivity contribution in [3.63, 3.8) is 0 Å². The zero-order valence-electron chi connectivity index (χ0n) is 12.9. The van der Waals surface area contributed by atoms with Crippen LogP contribution in [0.25, 0.3) is 0 Å². The van der Waals surface area contributed by atoms with Crippen LogP contribution in [0.3, 0.4) is 0 Å². The molecule has 0 aromatic heterocycles. The highest BCUT2D eigenvalue weighted by molar-refractivity contribution is 8.17. The van der Waals surface area contributed by atoms with E-state index in [0.717, 1.165) is 12.8 Å². The number of benzene rings is 1. The number of hydrogen-bond donors (Lipinski definition) is 1. The maximum Gasteiger partial charge on any atom is 0.132 e. The SMILES string of the molecule is CSC1(SC)CC[C@@H]2CCC[C@H](c3ccccc3)N2[C@H]1O. The van der Waals surface area contributed by atoms with Gasteiger partial charge in [0.15, 0.2) is 0 Å². The first-order valence-electron chi connectivity index (χ1n) is 7.82. The van der Waals surface area contributed by atoms with Crippen molar-refractivity contribution in [2.45, 2.75) is 54.5 Å². The fourth-order valence-corrected chi connectivity index (χ4v) is 5.97. The first-order chi connectivity index (χ1) is 10.2. The van der Waals surface area contributed by atoms with Crippen LogP contribution >= 0.6 is 23.5 Å². The summed E-state index contributed by atoms with van der Waals surface area (Å²) in [5.41, 5.74) is 1.36. The molecule has 21 heavy (non-hydrogen) atoms. The third-order valence-corrected chi connectivity index (χ3v) is 8.39. The number of aliphatic hydroxyl groups excluding tert-OH is 1. The van der Waals surface area contributed by atoms with Gasteiger partial charge in [0.25, 0.3) is 0 Å². The molecule has 2 aliphatic heterocycles. The van der Waals surface area contributed by atoms with Crippen LogP contribution in [-0.4, -0.2) is 38.9 Å². The summed E-state index contributed by atoms with van der Waals surface area (Å²) in [4.78, 5) is 2.43. The molecule has 2 nitrogen and oxygen atoms in total. The van der Waals surface area contributed by atoms with Gasteiger partial charge in [-0.15, -0.1) is 23.5 Å². The minimum atomic E-state index is -0.355. The molecule has 1 aromatic carbocycles. The van der Waals surface area contributed by atoms with Crippen LogP contribution in [-0.2, 0) is 0 Å². The van der Waals surface area contributed by atoms with Gasteiger partial charge in [0.1, 0.15) is 6.23 Å². The van der Waals surface area contributed by atoms with Crippen LogP contribution in [0, 0.1) is 0 Å². The quantitative estimate of drug-likeness (QED) is 0.846. The lowest BCUT2D eigenvalue weighted by molar-refractivity contribution is -0.103. The number of nitrogens with zero attached hydrogens (tertiary/aromatic N) is 1. The lowest BCUT2D eigenvalue weighted by Crippen LogP contribution is -2.59. The van der Waals surface area contributed by atoms with Crippen LogP contribution < -0.4 is 0 Å². The van der Waals surface area contributed by atoms with Gasteiger partial charge < -0.3 is 5.11 Å². The number of rotatable bonds is 3. The van der Waals surface area contributed by atoms with E-state index in [1.165, 1.54) is 24.8 Å². The number of thioether (sulfide) groups is 2. The second-order valence-electron chi connectivity index (χ2n) is 6.09. The second-order valence-corrected chi connectivity index (χ2v) is 8.62. The van der Waals surface area contributed by atoms with E-state index in [4.69, 9.17) is 0 Å². The molecular formula is C17H25NOS2. The molecule has 4 heteroatoms. The second kappa shape index (κ2) is 6.53. The molecule has 0 bridgehead atoms. The van der Waals surface area contributed by atoms with Crippen LogP contribution in [0.5, 0.6) is 0 Å². The maximum atomic E-state index is 11.1. The fraction of sp³-hybridized carbons (Fsp3) is 0.647. The van der Waals surface area contributed by atoms with Gasteiger partial charge in [-0.3, -0.25) is 4.90 Å². The van der Waals surface area contributed by atoms with Crippen molar-refractivity contribution in [2.24, 2.45) is 0 Å². The Morgan fingerprint density at radius 1 is 1.10 bits per heavy atom. The molecule has 0 saturated carbocycles. The Labute approximate surface area is 136 Å². The molecule has 0 amide bonds. The highest BCUT2D eigenvalue weighted by atomic mass is 32.2. The van der Waals surface area contributed by atoms with Crippen LogP contribution in [0.4, 0.5) is 0 Å². The van der Waals surface area contributed by atoms with Crippen molar-refractivity contribution in [3.05, 3.63) is 35.9 Å². The molecule has 2 saturated heterocycles. The predicted molar refractivity (Wildman–Crippen MR) is 93.7 cm³/mol. The van der Waals surface area contributed by atoms with E-state index in [-0.39, 0.29) is 10.3 Å². The summed E-state index contributed by atoms with van der Waals surface area (Å²) in [5, 5.41) is 11.1. The van der Waals surface area contributed by atoms with Crippen molar-refractivity contribution in [2.75, 3.05) is 12.5 Å². The Balaban J connectivity index is 1.92. The molecule has 116 valence electrons. The minimum absolute atomic E-state index is 0.0686. The smallest absolute Gasteiger partial charge is 0.132 e. The normalized spacial score (nSPS) is 32.6. The summed E-state index contributed by atoms with van der Waals surface area (Å²) in [6, 6.07) is 11.7. The van der Waals surface area contributed by atoms with E-state index in [9.17, 15) is 5.11 Å². The molecule has 0 aliphatic carbocycles. The van der Waals surface area contributed by atoms with Gasteiger partial charge in [-0.2, -0.15) is 0 Å². The molecular weight excluding hydrogens is 298 g/mol. The van der Waals surface area contributed by atoms with Gasteiger partial charge in [0.2, 0.25) is 0 Å². The maximum absolute atomic E-state index is 11.1. The average Bonchev–Trinajstić information content (AvgIpc) is 2.56. The first-order valence-corrected chi connectivity index (χ1v) is 10.3. The highest BCUT2D eigenvalue weighted by Gasteiger charge is 2.50. The van der Waals surface area contributed by atoms with Crippen LogP contribution in [0.2, 0.25) is 0 Å². The van der Waals surface area contributed by atoms with Crippen molar-refractivity contribution in [3.8, 4) is 0 Å². The molecule has 2 fully saturated rings. The van der Waals surface area contributed by atoms with Crippen molar-refractivity contribution in [1.82, 2.24) is 4.90 Å². The number of piperidine rings is 2. The molecule has 3 atom stereocenters. The number of hydrogen-bond acceptors (Lipinski definition) is 4. The third kappa shape index (κ3) is 2.76. The van der Waals surface area contributed by atoms with E-state index in [1.54, 1.807) is 0 Å². The van der Waals surface area contributed by atoms with Gasteiger partial charge >= 0.3 is 0 Å². The van der Waals surface area contributed by atoms with E-state index in [1.807, 2.05) is 23.5 Å². The highest BCUT2D eigenvalue weighted by Crippen LogP contribution is 2.51. The summed E-state index contributed by atoms with van der Waals surface area (Å²) in [5.74, 6) is 0. The standard InChI is InChI=1S/C17H25NOS2/c1-20-17(21-2)12-11-14-9-6-10-15(18(14)16(17)19)13-7-4-3-5-8-13/h3-5,7-8,14-16,19H,6,9-12H2,1-2H3/t14-,15+,16-/m0/s1. The van der Waals surface area contributed by atoms with Crippen LogP contribution in [0.15, 0.2) is 30.3 Å². The lowest BCUT2D eigenvalue weighted by Gasteiger charge is -2.54. The zero-order valence-corrected chi connectivity index (χ0v) is 14.5.